The van der Waals surface area contributed by atoms with Crippen molar-refractivity contribution in [3.63, 3.8) is 0 Å². The smallest absolute Gasteiger partial charge is 0.265 e. The Morgan fingerprint density at radius 1 is 1.41 bits per heavy atom. The second kappa shape index (κ2) is 7.15. The quantitative estimate of drug-likeness (QED) is 0.605. The predicted octanol–water partition coefficient (Wildman–Crippen LogP) is 3.70. The van der Waals surface area contributed by atoms with Crippen LogP contribution in [0.15, 0.2) is 23.1 Å². The third-order valence-corrected chi connectivity index (χ3v) is 4.86. The summed E-state index contributed by atoms with van der Waals surface area (Å²) in [5.74, 6) is 1.28. The lowest BCUT2D eigenvalue weighted by Gasteiger charge is -2.15. The number of amides is 1. The number of rotatable bonds is 5. The molecule has 0 saturated carbocycles. The van der Waals surface area contributed by atoms with Gasteiger partial charge >= 0.3 is 0 Å². The standard InChI is InChI=1S/C16H19NO3S2/c1-5-10(2)20-12-7-6-11(8-13(12)19-4)9-14-15(18)17(3)16(21)22-14/h6-10H,5H2,1-4H3/b14-9+/t10-/m1/s1. The Morgan fingerprint density at radius 2 is 2.14 bits per heavy atom. The summed E-state index contributed by atoms with van der Waals surface area (Å²) < 4.78 is 11.8. The van der Waals surface area contributed by atoms with Gasteiger partial charge in [0.1, 0.15) is 4.32 Å². The van der Waals surface area contributed by atoms with Gasteiger partial charge in [0, 0.05) is 7.05 Å². The Bertz CT molecular complexity index is 628. The van der Waals surface area contributed by atoms with E-state index in [2.05, 4.69) is 6.92 Å². The molecule has 0 aromatic heterocycles. The first-order chi connectivity index (χ1) is 10.5. The zero-order valence-corrected chi connectivity index (χ0v) is 14.7. The van der Waals surface area contributed by atoms with Crippen LogP contribution in [-0.2, 0) is 4.79 Å². The zero-order chi connectivity index (χ0) is 16.3. The highest BCUT2D eigenvalue weighted by molar-refractivity contribution is 8.26. The first-order valence-corrected chi connectivity index (χ1v) is 8.25. The van der Waals surface area contributed by atoms with Crippen molar-refractivity contribution < 1.29 is 14.3 Å². The average molecular weight is 337 g/mol. The normalized spacial score (nSPS) is 18.0. The number of thiocarbonyl (C=S) groups is 1. The number of carbonyl (C=O) groups is 1. The van der Waals surface area contributed by atoms with Gasteiger partial charge in [-0.1, -0.05) is 37.0 Å². The highest BCUT2D eigenvalue weighted by Crippen LogP contribution is 2.34. The Hall–Kier alpha value is -1.53. The van der Waals surface area contributed by atoms with Gasteiger partial charge in [-0.15, -0.1) is 0 Å². The maximum Gasteiger partial charge on any atom is 0.265 e. The van der Waals surface area contributed by atoms with E-state index in [0.29, 0.717) is 20.7 Å². The minimum atomic E-state index is -0.0751. The van der Waals surface area contributed by atoms with E-state index in [-0.39, 0.29) is 12.0 Å². The minimum Gasteiger partial charge on any atom is -0.493 e. The van der Waals surface area contributed by atoms with Crippen LogP contribution in [-0.4, -0.2) is 35.4 Å². The second-order valence-corrected chi connectivity index (χ2v) is 6.66. The number of ether oxygens (including phenoxy) is 2. The van der Waals surface area contributed by atoms with Gasteiger partial charge in [0.25, 0.3) is 5.91 Å². The maximum atomic E-state index is 12.0. The molecule has 2 rings (SSSR count). The van der Waals surface area contributed by atoms with E-state index in [0.717, 1.165) is 12.0 Å². The fourth-order valence-electron chi connectivity index (χ4n) is 1.87. The van der Waals surface area contributed by atoms with Crippen molar-refractivity contribution in [1.29, 1.82) is 0 Å². The third-order valence-electron chi connectivity index (χ3n) is 3.38. The molecular weight excluding hydrogens is 318 g/mol. The van der Waals surface area contributed by atoms with Gasteiger partial charge in [-0.05, 0) is 37.1 Å². The molecule has 0 radical (unpaired) electrons. The SMILES string of the molecule is CC[C@@H](C)Oc1ccc(/C=C2/SC(=S)N(C)C2=O)cc1OC. The Balaban J connectivity index is 2.27. The number of methoxy groups -OCH3 is 1. The number of hydrogen-bond acceptors (Lipinski definition) is 5. The lowest BCUT2D eigenvalue weighted by atomic mass is 10.1. The Kier molecular flexibility index (Phi) is 5.47. The van der Waals surface area contributed by atoms with Crippen LogP contribution in [0.25, 0.3) is 6.08 Å². The summed E-state index contributed by atoms with van der Waals surface area (Å²) >= 11 is 6.43. The average Bonchev–Trinajstić information content (AvgIpc) is 2.75. The summed E-state index contributed by atoms with van der Waals surface area (Å²) in [6.45, 7) is 4.08. The monoisotopic (exact) mass is 337 g/mol. The molecule has 1 atom stereocenters. The second-order valence-electron chi connectivity index (χ2n) is 4.99. The number of hydrogen-bond donors (Lipinski definition) is 0. The topological polar surface area (TPSA) is 38.8 Å². The molecule has 0 N–H and O–H groups in total. The van der Waals surface area contributed by atoms with Gasteiger partial charge in [-0.25, -0.2) is 0 Å². The van der Waals surface area contributed by atoms with Gasteiger partial charge in [0.2, 0.25) is 0 Å². The van der Waals surface area contributed by atoms with Crippen LogP contribution in [0.3, 0.4) is 0 Å². The van der Waals surface area contributed by atoms with Crippen molar-refractivity contribution in [2.24, 2.45) is 0 Å². The molecule has 0 bridgehead atoms. The molecule has 1 aliphatic heterocycles. The molecular formula is C16H19NO3S2. The molecule has 1 amide bonds. The van der Waals surface area contributed by atoms with Crippen LogP contribution in [0.5, 0.6) is 11.5 Å². The molecule has 0 spiro atoms. The fraction of sp³-hybridized carbons (Fsp3) is 0.375. The molecule has 1 aromatic carbocycles. The van der Waals surface area contributed by atoms with Crippen molar-refractivity contribution in [2.75, 3.05) is 14.2 Å². The Morgan fingerprint density at radius 3 is 2.68 bits per heavy atom. The summed E-state index contributed by atoms with van der Waals surface area (Å²) in [6, 6.07) is 5.63. The molecule has 6 heteroatoms. The molecule has 1 aliphatic rings. The van der Waals surface area contributed by atoms with E-state index in [9.17, 15) is 4.79 Å². The van der Waals surface area contributed by atoms with E-state index in [1.165, 1.54) is 16.7 Å². The summed E-state index contributed by atoms with van der Waals surface area (Å²) in [5, 5.41) is 0. The van der Waals surface area contributed by atoms with Crippen molar-refractivity contribution >= 4 is 40.3 Å². The molecule has 0 aliphatic carbocycles. The van der Waals surface area contributed by atoms with E-state index in [1.807, 2.05) is 31.2 Å². The van der Waals surface area contributed by atoms with Crippen LogP contribution in [0.2, 0.25) is 0 Å². The maximum absolute atomic E-state index is 12.0. The molecule has 1 aromatic rings. The molecule has 22 heavy (non-hydrogen) atoms. The first-order valence-electron chi connectivity index (χ1n) is 7.02. The van der Waals surface area contributed by atoms with E-state index in [1.54, 1.807) is 14.2 Å². The highest BCUT2D eigenvalue weighted by Gasteiger charge is 2.28. The van der Waals surface area contributed by atoms with Gasteiger partial charge in [-0.2, -0.15) is 0 Å². The van der Waals surface area contributed by atoms with Crippen molar-refractivity contribution in [1.82, 2.24) is 4.90 Å². The lowest BCUT2D eigenvalue weighted by Crippen LogP contribution is -2.22. The van der Waals surface area contributed by atoms with Crippen LogP contribution < -0.4 is 9.47 Å². The number of likely N-dealkylation sites (N-methyl/N-ethyl adjacent to an activating group) is 1. The highest BCUT2D eigenvalue weighted by atomic mass is 32.2. The van der Waals surface area contributed by atoms with Crippen molar-refractivity contribution in [3.8, 4) is 11.5 Å². The predicted molar refractivity (Wildman–Crippen MR) is 94.3 cm³/mol. The first kappa shape index (κ1) is 16.8. The molecule has 1 saturated heterocycles. The third kappa shape index (κ3) is 3.62. The van der Waals surface area contributed by atoms with Crippen LogP contribution in [0.1, 0.15) is 25.8 Å². The van der Waals surface area contributed by atoms with Gasteiger partial charge < -0.3 is 9.47 Å². The summed E-state index contributed by atoms with van der Waals surface area (Å²) in [6.07, 6.45) is 2.86. The number of nitrogens with zero attached hydrogens (tertiary/aromatic N) is 1. The number of benzene rings is 1. The van der Waals surface area contributed by atoms with Crippen LogP contribution >= 0.6 is 24.0 Å². The molecule has 1 heterocycles. The Labute approximate surface area is 140 Å². The molecule has 0 unspecified atom stereocenters. The fourth-order valence-corrected chi connectivity index (χ4v) is 3.05. The van der Waals surface area contributed by atoms with E-state index >= 15 is 0 Å². The van der Waals surface area contributed by atoms with E-state index in [4.69, 9.17) is 21.7 Å². The largest absolute Gasteiger partial charge is 0.493 e. The number of thioether (sulfide) groups is 1. The summed E-state index contributed by atoms with van der Waals surface area (Å²) in [4.78, 5) is 14.1. The minimum absolute atomic E-state index is 0.0751. The van der Waals surface area contributed by atoms with Crippen LogP contribution in [0, 0.1) is 0 Å². The van der Waals surface area contributed by atoms with Crippen molar-refractivity contribution in [2.45, 2.75) is 26.4 Å². The molecule has 1 fully saturated rings. The number of carbonyl (C=O) groups excluding carboxylic acids is 1. The summed E-state index contributed by atoms with van der Waals surface area (Å²) in [7, 11) is 3.29. The molecule has 4 nitrogen and oxygen atoms in total. The van der Waals surface area contributed by atoms with Crippen molar-refractivity contribution in [3.05, 3.63) is 28.7 Å². The molecule has 118 valence electrons. The zero-order valence-electron chi connectivity index (χ0n) is 13.1. The van der Waals surface area contributed by atoms with Gasteiger partial charge in [-0.3, -0.25) is 9.69 Å². The van der Waals surface area contributed by atoms with Gasteiger partial charge in [0.05, 0.1) is 18.1 Å². The lowest BCUT2D eigenvalue weighted by molar-refractivity contribution is -0.121. The van der Waals surface area contributed by atoms with E-state index < -0.39 is 0 Å². The summed E-state index contributed by atoms with van der Waals surface area (Å²) in [5.41, 5.74) is 0.877. The van der Waals surface area contributed by atoms with Crippen LogP contribution in [0.4, 0.5) is 0 Å². The van der Waals surface area contributed by atoms with Gasteiger partial charge in [0.15, 0.2) is 11.5 Å².